The molecule has 2 amide bonds. The standard InChI is InChI=1S/C17H12F3NO2/c18-17(19,20)13-6-3-4-11(8-13)10-21-15(22)9-12-5-1-2-7-14(12)16(21)23/h1-8H,9-10H2. The Balaban J connectivity index is 1.89. The van der Waals surface area contributed by atoms with E-state index in [9.17, 15) is 22.8 Å². The molecule has 2 aromatic rings. The van der Waals surface area contributed by atoms with Gasteiger partial charge in [0.25, 0.3) is 5.91 Å². The summed E-state index contributed by atoms with van der Waals surface area (Å²) in [6.45, 7) is -0.171. The van der Waals surface area contributed by atoms with E-state index in [0.717, 1.165) is 17.0 Å². The summed E-state index contributed by atoms with van der Waals surface area (Å²) in [4.78, 5) is 25.5. The quantitative estimate of drug-likeness (QED) is 0.795. The fraction of sp³-hybridized carbons (Fsp3) is 0.176. The summed E-state index contributed by atoms with van der Waals surface area (Å²) in [5, 5.41) is 0. The SMILES string of the molecule is O=C1Cc2ccccc2C(=O)N1Cc1cccc(C(F)(F)F)c1. The second-order valence-electron chi connectivity index (χ2n) is 5.32. The molecule has 0 aromatic heterocycles. The summed E-state index contributed by atoms with van der Waals surface area (Å²) >= 11 is 0. The van der Waals surface area contributed by atoms with Crippen molar-refractivity contribution >= 4 is 11.8 Å². The summed E-state index contributed by atoms with van der Waals surface area (Å²) in [6.07, 6.45) is -4.39. The van der Waals surface area contributed by atoms with E-state index in [1.54, 1.807) is 24.3 Å². The van der Waals surface area contributed by atoms with Crippen LogP contribution in [0.5, 0.6) is 0 Å². The highest BCUT2D eigenvalue weighted by Crippen LogP contribution is 2.30. The highest BCUT2D eigenvalue weighted by atomic mass is 19.4. The number of fused-ring (bicyclic) bond motifs is 1. The molecule has 0 spiro atoms. The number of hydrogen-bond donors (Lipinski definition) is 0. The lowest BCUT2D eigenvalue weighted by molar-refractivity contribution is -0.137. The fourth-order valence-corrected chi connectivity index (χ4v) is 2.59. The van der Waals surface area contributed by atoms with Crippen LogP contribution in [0.1, 0.15) is 27.0 Å². The Kier molecular flexibility index (Phi) is 3.67. The Hall–Kier alpha value is -2.63. The molecule has 3 rings (SSSR count). The summed E-state index contributed by atoms with van der Waals surface area (Å²) in [5.74, 6) is -0.889. The number of nitrogens with zero attached hydrogens (tertiary/aromatic N) is 1. The maximum Gasteiger partial charge on any atom is 0.416 e. The molecule has 0 atom stereocenters. The number of benzene rings is 2. The van der Waals surface area contributed by atoms with Gasteiger partial charge in [0.2, 0.25) is 5.91 Å². The highest BCUT2D eigenvalue weighted by molar-refractivity contribution is 6.09. The van der Waals surface area contributed by atoms with Crippen LogP contribution in [-0.4, -0.2) is 16.7 Å². The number of rotatable bonds is 2. The number of amides is 2. The minimum Gasteiger partial charge on any atom is -0.274 e. The van der Waals surface area contributed by atoms with Gasteiger partial charge in [-0.3, -0.25) is 14.5 Å². The molecule has 0 saturated carbocycles. The average Bonchev–Trinajstić information content (AvgIpc) is 2.51. The minimum atomic E-state index is -4.46. The lowest BCUT2D eigenvalue weighted by Gasteiger charge is -2.27. The zero-order valence-corrected chi connectivity index (χ0v) is 11.9. The maximum atomic E-state index is 12.7. The summed E-state index contributed by atoms with van der Waals surface area (Å²) in [7, 11) is 0. The summed E-state index contributed by atoms with van der Waals surface area (Å²) < 4.78 is 38.2. The minimum absolute atomic E-state index is 0.0703. The van der Waals surface area contributed by atoms with E-state index in [4.69, 9.17) is 0 Å². The van der Waals surface area contributed by atoms with Crippen LogP contribution in [0.3, 0.4) is 0 Å². The Labute approximate surface area is 130 Å². The maximum absolute atomic E-state index is 12.7. The predicted octanol–water partition coefficient (Wildman–Crippen LogP) is 3.43. The van der Waals surface area contributed by atoms with Gasteiger partial charge in [0, 0.05) is 5.56 Å². The molecule has 0 unspecified atom stereocenters. The van der Waals surface area contributed by atoms with Gasteiger partial charge in [-0.2, -0.15) is 13.2 Å². The van der Waals surface area contributed by atoms with Gasteiger partial charge >= 0.3 is 6.18 Å². The fourth-order valence-electron chi connectivity index (χ4n) is 2.59. The van der Waals surface area contributed by atoms with Gasteiger partial charge in [0.1, 0.15) is 0 Å². The van der Waals surface area contributed by atoms with E-state index in [2.05, 4.69) is 0 Å². The van der Waals surface area contributed by atoms with Gasteiger partial charge in [0.15, 0.2) is 0 Å². The molecule has 1 heterocycles. The van der Waals surface area contributed by atoms with Crippen molar-refractivity contribution in [2.45, 2.75) is 19.1 Å². The zero-order chi connectivity index (χ0) is 16.6. The third-order valence-corrected chi connectivity index (χ3v) is 3.73. The van der Waals surface area contributed by atoms with Crippen molar-refractivity contribution in [1.29, 1.82) is 0 Å². The molecule has 2 aromatic carbocycles. The van der Waals surface area contributed by atoms with Crippen LogP contribution in [0.25, 0.3) is 0 Å². The van der Waals surface area contributed by atoms with Crippen molar-refractivity contribution in [1.82, 2.24) is 4.90 Å². The number of imide groups is 1. The van der Waals surface area contributed by atoms with E-state index < -0.39 is 23.6 Å². The van der Waals surface area contributed by atoms with E-state index in [1.165, 1.54) is 12.1 Å². The first-order valence-electron chi connectivity index (χ1n) is 6.95. The molecular weight excluding hydrogens is 307 g/mol. The van der Waals surface area contributed by atoms with Crippen molar-refractivity contribution < 1.29 is 22.8 Å². The molecule has 118 valence electrons. The Morgan fingerprint density at radius 1 is 1.00 bits per heavy atom. The van der Waals surface area contributed by atoms with Crippen molar-refractivity contribution in [3.8, 4) is 0 Å². The van der Waals surface area contributed by atoms with Crippen LogP contribution >= 0.6 is 0 Å². The molecule has 6 heteroatoms. The van der Waals surface area contributed by atoms with Crippen LogP contribution in [-0.2, 0) is 23.9 Å². The first-order valence-corrected chi connectivity index (χ1v) is 6.95. The zero-order valence-electron chi connectivity index (χ0n) is 11.9. The second kappa shape index (κ2) is 5.53. The summed E-state index contributed by atoms with van der Waals surface area (Å²) in [5.41, 5.74) is 0.523. The van der Waals surface area contributed by atoms with Crippen LogP contribution in [0.2, 0.25) is 0 Å². The van der Waals surface area contributed by atoms with Gasteiger partial charge in [-0.1, -0.05) is 30.3 Å². The average molecular weight is 319 g/mol. The molecule has 0 bridgehead atoms. The van der Waals surface area contributed by atoms with Gasteiger partial charge in [0.05, 0.1) is 18.5 Å². The normalized spacial score (nSPS) is 14.8. The van der Waals surface area contributed by atoms with Crippen molar-refractivity contribution in [3.05, 3.63) is 70.8 Å². The largest absolute Gasteiger partial charge is 0.416 e. The number of carbonyl (C=O) groups excluding carboxylic acids is 2. The molecule has 1 aliphatic rings. The van der Waals surface area contributed by atoms with Crippen LogP contribution in [0.4, 0.5) is 13.2 Å². The van der Waals surface area contributed by atoms with Gasteiger partial charge < -0.3 is 0 Å². The van der Waals surface area contributed by atoms with E-state index in [0.29, 0.717) is 11.1 Å². The smallest absolute Gasteiger partial charge is 0.274 e. The topological polar surface area (TPSA) is 37.4 Å². The van der Waals surface area contributed by atoms with Crippen LogP contribution < -0.4 is 0 Å². The van der Waals surface area contributed by atoms with E-state index in [-0.39, 0.29) is 18.5 Å². The Bertz CT molecular complexity index is 783. The van der Waals surface area contributed by atoms with E-state index >= 15 is 0 Å². The van der Waals surface area contributed by atoms with Gasteiger partial charge in [-0.05, 0) is 29.3 Å². The molecule has 1 aliphatic heterocycles. The van der Waals surface area contributed by atoms with Gasteiger partial charge in [-0.15, -0.1) is 0 Å². The number of halogens is 3. The van der Waals surface area contributed by atoms with Gasteiger partial charge in [-0.25, -0.2) is 0 Å². The third kappa shape index (κ3) is 2.97. The Morgan fingerprint density at radius 2 is 1.74 bits per heavy atom. The molecule has 0 radical (unpaired) electrons. The number of alkyl halides is 3. The lowest BCUT2D eigenvalue weighted by Crippen LogP contribution is -2.41. The second-order valence-corrected chi connectivity index (χ2v) is 5.32. The first-order chi connectivity index (χ1) is 10.9. The van der Waals surface area contributed by atoms with Crippen molar-refractivity contribution in [3.63, 3.8) is 0 Å². The van der Waals surface area contributed by atoms with Crippen LogP contribution in [0, 0.1) is 0 Å². The molecule has 0 aliphatic carbocycles. The van der Waals surface area contributed by atoms with Crippen molar-refractivity contribution in [2.75, 3.05) is 0 Å². The third-order valence-electron chi connectivity index (χ3n) is 3.73. The number of hydrogen-bond acceptors (Lipinski definition) is 2. The molecule has 23 heavy (non-hydrogen) atoms. The monoisotopic (exact) mass is 319 g/mol. The van der Waals surface area contributed by atoms with Crippen LogP contribution in [0.15, 0.2) is 48.5 Å². The van der Waals surface area contributed by atoms with E-state index in [1.807, 2.05) is 0 Å². The first kappa shape index (κ1) is 15.3. The molecule has 0 saturated heterocycles. The Morgan fingerprint density at radius 3 is 2.48 bits per heavy atom. The number of carbonyl (C=O) groups is 2. The molecule has 3 nitrogen and oxygen atoms in total. The molecule has 0 N–H and O–H groups in total. The summed E-state index contributed by atoms with van der Waals surface area (Å²) in [6, 6.07) is 11.4. The van der Waals surface area contributed by atoms with Crippen molar-refractivity contribution in [2.24, 2.45) is 0 Å². The molecular formula is C17H12F3NO2. The predicted molar refractivity (Wildman–Crippen MR) is 76.5 cm³/mol. The molecule has 0 fully saturated rings. The highest BCUT2D eigenvalue weighted by Gasteiger charge is 2.33. The lowest BCUT2D eigenvalue weighted by atomic mass is 9.98.